The second-order valence-corrected chi connectivity index (χ2v) is 6.19. The lowest BCUT2D eigenvalue weighted by atomic mass is 10.0. The summed E-state index contributed by atoms with van der Waals surface area (Å²) in [5, 5.41) is 14.4. The topological polar surface area (TPSA) is 84.0 Å². The molecule has 6 heteroatoms. The predicted molar refractivity (Wildman–Crippen MR) is 106 cm³/mol. The maximum absolute atomic E-state index is 9.72. The number of fused-ring (bicyclic) bond motifs is 1. The van der Waals surface area contributed by atoms with Gasteiger partial charge < -0.3 is 15.8 Å². The Morgan fingerprint density at radius 2 is 2.08 bits per heavy atom. The lowest BCUT2D eigenvalue weighted by molar-refractivity contribution is 0.342. The van der Waals surface area contributed by atoms with Gasteiger partial charge in [0.05, 0.1) is 34.8 Å². The van der Waals surface area contributed by atoms with E-state index in [0.717, 1.165) is 22.3 Å². The summed E-state index contributed by atoms with van der Waals surface area (Å²) in [5.74, 6) is 0.591. The van der Waals surface area contributed by atoms with Gasteiger partial charge in [-0.1, -0.05) is 24.6 Å². The van der Waals surface area contributed by atoms with Crippen LogP contribution in [0.2, 0.25) is 5.02 Å². The van der Waals surface area contributed by atoms with Crippen LogP contribution in [0.4, 0.5) is 17.1 Å². The lowest BCUT2D eigenvalue weighted by Crippen LogP contribution is -2.04. The van der Waals surface area contributed by atoms with Crippen LogP contribution >= 0.6 is 11.6 Å². The summed E-state index contributed by atoms with van der Waals surface area (Å²) in [6, 6.07) is 13.2. The van der Waals surface area contributed by atoms with Crippen molar-refractivity contribution in [2.75, 3.05) is 17.7 Å². The van der Waals surface area contributed by atoms with E-state index in [-0.39, 0.29) is 0 Å². The van der Waals surface area contributed by atoms with E-state index >= 15 is 0 Å². The van der Waals surface area contributed by atoms with Gasteiger partial charge in [-0.15, -0.1) is 0 Å². The molecule has 26 heavy (non-hydrogen) atoms. The number of aryl methyl sites for hydroxylation is 1. The molecule has 0 atom stereocenters. The molecular weight excluding hydrogens is 348 g/mol. The second kappa shape index (κ2) is 7.51. The van der Waals surface area contributed by atoms with Crippen LogP contribution in [0.25, 0.3) is 10.9 Å². The van der Waals surface area contributed by atoms with Gasteiger partial charge in [-0.05, 0) is 37.6 Å². The van der Waals surface area contributed by atoms with Crippen LogP contribution in [0, 0.1) is 11.3 Å². The number of nitriles is 1. The van der Waals surface area contributed by atoms with E-state index in [1.165, 1.54) is 0 Å². The fourth-order valence-electron chi connectivity index (χ4n) is 2.86. The molecule has 132 valence electrons. The van der Waals surface area contributed by atoms with Gasteiger partial charge in [0.15, 0.2) is 0 Å². The quantitative estimate of drug-likeness (QED) is 0.617. The van der Waals surface area contributed by atoms with Crippen molar-refractivity contribution in [1.29, 1.82) is 5.26 Å². The Balaban J connectivity index is 2.26. The third-order valence-corrected chi connectivity index (χ3v) is 4.27. The van der Waals surface area contributed by atoms with Crippen molar-refractivity contribution in [3.8, 4) is 11.8 Å². The zero-order chi connectivity index (χ0) is 18.7. The van der Waals surface area contributed by atoms with Crippen LogP contribution in [-0.2, 0) is 6.42 Å². The number of rotatable bonds is 5. The third kappa shape index (κ3) is 3.37. The molecule has 5 nitrogen and oxygen atoms in total. The Hall–Kier alpha value is -2.97. The number of nitrogens with zero attached hydrogens (tertiary/aromatic N) is 2. The van der Waals surface area contributed by atoms with Gasteiger partial charge in [0, 0.05) is 22.2 Å². The molecule has 0 bridgehead atoms. The lowest BCUT2D eigenvalue weighted by Gasteiger charge is -2.16. The molecule has 0 spiro atoms. The number of benzene rings is 2. The van der Waals surface area contributed by atoms with E-state index < -0.39 is 0 Å². The van der Waals surface area contributed by atoms with Gasteiger partial charge >= 0.3 is 0 Å². The van der Waals surface area contributed by atoms with Gasteiger partial charge in [-0.3, -0.25) is 4.98 Å². The third-order valence-electron chi connectivity index (χ3n) is 4.03. The van der Waals surface area contributed by atoms with Crippen molar-refractivity contribution in [3.05, 3.63) is 52.7 Å². The smallest absolute Gasteiger partial charge is 0.144 e. The zero-order valence-corrected chi connectivity index (χ0v) is 15.4. The van der Waals surface area contributed by atoms with Gasteiger partial charge in [-0.25, -0.2) is 0 Å². The molecule has 0 aliphatic rings. The average Bonchev–Trinajstić information content (AvgIpc) is 2.62. The van der Waals surface area contributed by atoms with Crippen molar-refractivity contribution in [2.45, 2.75) is 20.3 Å². The Kier molecular flexibility index (Phi) is 5.15. The predicted octanol–water partition coefficient (Wildman–Crippen LogP) is 5.05. The first-order valence-electron chi connectivity index (χ1n) is 8.39. The maximum Gasteiger partial charge on any atom is 0.144 e. The minimum Gasteiger partial charge on any atom is -0.492 e. The molecule has 3 N–H and O–H groups in total. The van der Waals surface area contributed by atoms with Crippen molar-refractivity contribution < 1.29 is 4.74 Å². The van der Waals surface area contributed by atoms with Crippen LogP contribution in [0.15, 0.2) is 36.4 Å². The first-order chi connectivity index (χ1) is 12.6. The summed E-state index contributed by atoms with van der Waals surface area (Å²) >= 11 is 6.09. The molecule has 0 unspecified atom stereocenters. The van der Waals surface area contributed by atoms with Crippen LogP contribution in [-0.4, -0.2) is 11.6 Å². The van der Waals surface area contributed by atoms with E-state index in [1.54, 1.807) is 18.2 Å². The van der Waals surface area contributed by atoms with E-state index in [0.29, 0.717) is 40.7 Å². The van der Waals surface area contributed by atoms with Gasteiger partial charge in [0.25, 0.3) is 0 Å². The molecule has 0 saturated heterocycles. The maximum atomic E-state index is 9.72. The first kappa shape index (κ1) is 17.8. The number of nitrogens with one attached hydrogen (secondary N) is 1. The fraction of sp³-hybridized carbons (Fsp3) is 0.200. The Morgan fingerprint density at radius 1 is 1.27 bits per heavy atom. The van der Waals surface area contributed by atoms with Crippen molar-refractivity contribution >= 4 is 39.6 Å². The summed E-state index contributed by atoms with van der Waals surface area (Å²) in [7, 11) is 0. The molecule has 0 saturated carbocycles. The molecule has 0 amide bonds. The number of ether oxygens (including phenoxy) is 1. The Labute approximate surface area is 157 Å². The molecule has 0 radical (unpaired) electrons. The molecule has 2 aromatic carbocycles. The fourth-order valence-corrected chi connectivity index (χ4v) is 3.05. The number of anilines is 3. The number of halogens is 1. The monoisotopic (exact) mass is 366 g/mol. The summed E-state index contributed by atoms with van der Waals surface area (Å²) in [5.41, 5.74) is 10.0. The van der Waals surface area contributed by atoms with E-state index in [4.69, 9.17) is 22.1 Å². The molecule has 1 aromatic heterocycles. The number of aromatic nitrogens is 1. The molecule has 3 rings (SSSR count). The normalized spacial score (nSPS) is 10.5. The first-order valence-corrected chi connectivity index (χ1v) is 8.76. The molecule has 3 aromatic rings. The van der Waals surface area contributed by atoms with E-state index in [1.807, 2.05) is 32.0 Å². The summed E-state index contributed by atoms with van der Waals surface area (Å²) in [6.45, 7) is 4.39. The Morgan fingerprint density at radius 3 is 2.73 bits per heavy atom. The zero-order valence-electron chi connectivity index (χ0n) is 14.6. The largest absolute Gasteiger partial charge is 0.492 e. The van der Waals surface area contributed by atoms with Crippen LogP contribution in [0.3, 0.4) is 0 Å². The summed E-state index contributed by atoms with van der Waals surface area (Å²) in [4.78, 5) is 4.64. The van der Waals surface area contributed by atoms with Crippen LogP contribution in [0.5, 0.6) is 5.75 Å². The van der Waals surface area contributed by atoms with Gasteiger partial charge in [0.2, 0.25) is 0 Å². The number of hydrogen-bond donors (Lipinski definition) is 2. The van der Waals surface area contributed by atoms with Crippen molar-refractivity contribution in [1.82, 2.24) is 4.98 Å². The second-order valence-electron chi connectivity index (χ2n) is 5.75. The Bertz CT molecular complexity index is 1010. The summed E-state index contributed by atoms with van der Waals surface area (Å²) < 4.78 is 5.58. The highest BCUT2D eigenvalue weighted by atomic mass is 35.5. The highest BCUT2D eigenvalue weighted by Gasteiger charge is 2.16. The SMILES string of the molecule is CCOc1cc2nc(CC)c(C#N)c(Nc3cccc(Cl)c3)c2cc1N. The average molecular weight is 367 g/mol. The van der Waals surface area contributed by atoms with Gasteiger partial charge in [-0.2, -0.15) is 5.26 Å². The standard InChI is InChI=1S/C20H19ClN4O/c1-3-17-15(11-22)20(24-13-7-5-6-12(21)8-13)14-9-16(23)19(26-4-2)10-18(14)25-17/h5-10H,3-4,23H2,1-2H3,(H,24,25). The van der Waals surface area contributed by atoms with Crippen LogP contribution in [0.1, 0.15) is 25.1 Å². The summed E-state index contributed by atoms with van der Waals surface area (Å²) in [6.07, 6.45) is 0.636. The minimum atomic E-state index is 0.503. The molecule has 0 fully saturated rings. The number of nitrogens with two attached hydrogens (primary N) is 1. The number of nitrogen functional groups attached to an aromatic ring is 1. The highest BCUT2D eigenvalue weighted by molar-refractivity contribution is 6.30. The van der Waals surface area contributed by atoms with E-state index in [9.17, 15) is 5.26 Å². The number of hydrogen-bond acceptors (Lipinski definition) is 5. The molecule has 0 aliphatic carbocycles. The van der Waals surface area contributed by atoms with Gasteiger partial charge in [0.1, 0.15) is 11.8 Å². The number of pyridine rings is 1. The van der Waals surface area contributed by atoms with E-state index in [2.05, 4.69) is 16.4 Å². The molecular formula is C20H19ClN4O. The van der Waals surface area contributed by atoms with Crippen molar-refractivity contribution in [2.24, 2.45) is 0 Å². The van der Waals surface area contributed by atoms with Crippen LogP contribution < -0.4 is 15.8 Å². The van der Waals surface area contributed by atoms with Crippen molar-refractivity contribution in [3.63, 3.8) is 0 Å². The highest BCUT2D eigenvalue weighted by Crippen LogP contribution is 2.36. The molecule has 0 aliphatic heterocycles. The minimum absolute atomic E-state index is 0.503. The molecule has 1 heterocycles.